The van der Waals surface area contributed by atoms with Crippen LogP contribution in [-0.4, -0.2) is 19.3 Å². The molecule has 0 saturated carbocycles. The van der Waals surface area contributed by atoms with Crippen LogP contribution in [0.3, 0.4) is 0 Å². The third-order valence-electron chi connectivity index (χ3n) is 2.42. The van der Waals surface area contributed by atoms with Crippen LogP contribution in [0.15, 0.2) is 0 Å². The second-order valence-electron chi connectivity index (χ2n) is 3.83. The maximum atomic E-state index is 6.01. The van der Waals surface area contributed by atoms with E-state index in [1.165, 1.54) is 12.8 Å². The summed E-state index contributed by atoms with van der Waals surface area (Å²) in [4.78, 5) is 0. The van der Waals surface area contributed by atoms with E-state index in [2.05, 4.69) is 20.8 Å². The maximum Gasteiger partial charge on any atom is 0.0480 e. The summed E-state index contributed by atoms with van der Waals surface area (Å²) in [5.74, 6) is 0.634. The van der Waals surface area contributed by atoms with Gasteiger partial charge in [0.1, 0.15) is 0 Å². The Labute approximate surface area is 82.8 Å². The van der Waals surface area contributed by atoms with Gasteiger partial charge < -0.3 is 10.5 Å². The van der Waals surface area contributed by atoms with Crippen molar-refractivity contribution in [3.8, 4) is 0 Å². The van der Waals surface area contributed by atoms with Crippen molar-refractivity contribution in [3.05, 3.63) is 0 Å². The Bertz CT molecular complexity index is 106. The highest BCUT2D eigenvalue weighted by Gasteiger charge is 2.10. The highest BCUT2D eigenvalue weighted by Crippen LogP contribution is 2.11. The average molecular weight is 187 g/mol. The van der Waals surface area contributed by atoms with Crippen LogP contribution in [0, 0.1) is 5.92 Å². The molecule has 0 rings (SSSR count). The van der Waals surface area contributed by atoms with E-state index in [4.69, 9.17) is 10.5 Å². The zero-order valence-electron chi connectivity index (χ0n) is 9.38. The molecule has 0 aliphatic rings. The molecule has 0 heterocycles. The molecule has 0 aromatic rings. The summed E-state index contributed by atoms with van der Waals surface area (Å²) in [7, 11) is 0. The first-order valence-corrected chi connectivity index (χ1v) is 5.55. The Kier molecular flexibility index (Phi) is 8.46. The Morgan fingerprint density at radius 1 is 1.08 bits per heavy atom. The molecule has 0 saturated heterocycles. The van der Waals surface area contributed by atoms with Gasteiger partial charge in [0.15, 0.2) is 0 Å². The zero-order chi connectivity index (χ0) is 10.1. The predicted molar refractivity (Wildman–Crippen MR) is 57.8 cm³/mol. The molecule has 2 heteroatoms. The van der Waals surface area contributed by atoms with Crippen LogP contribution in [0.25, 0.3) is 0 Å². The first kappa shape index (κ1) is 12.9. The summed E-state index contributed by atoms with van der Waals surface area (Å²) in [6.45, 7) is 8.25. The molecule has 0 aromatic carbocycles. The second-order valence-corrected chi connectivity index (χ2v) is 3.83. The molecule has 80 valence electrons. The lowest BCUT2D eigenvalue weighted by Crippen LogP contribution is -2.29. The molecule has 0 bridgehead atoms. The van der Waals surface area contributed by atoms with Gasteiger partial charge in [-0.15, -0.1) is 0 Å². The van der Waals surface area contributed by atoms with Crippen LogP contribution in [0.2, 0.25) is 0 Å². The highest BCUT2D eigenvalue weighted by atomic mass is 16.5. The fourth-order valence-electron chi connectivity index (χ4n) is 1.42. The average Bonchev–Trinajstić information content (AvgIpc) is 2.12. The van der Waals surface area contributed by atoms with E-state index in [0.717, 1.165) is 26.1 Å². The molecule has 0 amide bonds. The summed E-state index contributed by atoms with van der Waals surface area (Å²) < 4.78 is 5.40. The van der Waals surface area contributed by atoms with E-state index >= 15 is 0 Å². The summed E-state index contributed by atoms with van der Waals surface area (Å²) in [6.07, 6.45) is 4.56. The fraction of sp³-hybridized carbons (Fsp3) is 1.00. The monoisotopic (exact) mass is 187 g/mol. The van der Waals surface area contributed by atoms with Gasteiger partial charge in [-0.2, -0.15) is 0 Å². The molecule has 0 radical (unpaired) electrons. The lowest BCUT2D eigenvalue weighted by atomic mass is 9.96. The van der Waals surface area contributed by atoms with E-state index in [1.54, 1.807) is 0 Å². The van der Waals surface area contributed by atoms with E-state index in [-0.39, 0.29) is 0 Å². The Morgan fingerprint density at radius 2 is 1.77 bits per heavy atom. The van der Waals surface area contributed by atoms with Crippen molar-refractivity contribution in [3.63, 3.8) is 0 Å². The van der Waals surface area contributed by atoms with Gasteiger partial charge in [0.25, 0.3) is 0 Å². The molecule has 0 aliphatic heterocycles. The molecule has 2 nitrogen and oxygen atoms in total. The standard InChI is InChI=1S/C11H25NO/c1-4-6-10(3)11(12)7-9-13-8-5-2/h10-11H,4-9,12H2,1-3H3. The molecular formula is C11H25NO. The minimum Gasteiger partial charge on any atom is -0.381 e. The van der Waals surface area contributed by atoms with Crippen molar-refractivity contribution in [2.24, 2.45) is 11.7 Å². The first-order valence-electron chi connectivity index (χ1n) is 5.55. The summed E-state index contributed by atoms with van der Waals surface area (Å²) in [6, 6.07) is 0.316. The molecule has 0 spiro atoms. The van der Waals surface area contributed by atoms with Crippen LogP contribution >= 0.6 is 0 Å². The normalized spacial score (nSPS) is 15.7. The Balaban J connectivity index is 3.32. The number of rotatable bonds is 8. The van der Waals surface area contributed by atoms with Crippen molar-refractivity contribution >= 4 is 0 Å². The number of ether oxygens (including phenoxy) is 1. The largest absolute Gasteiger partial charge is 0.381 e. The van der Waals surface area contributed by atoms with Crippen molar-refractivity contribution in [2.75, 3.05) is 13.2 Å². The van der Waals surface area contributed by atoms with Gasteiger partial charge in [0.05, 0.1) is 0 Å². The summed E-state index contributed by atoms with van der Waals surface area (Å²) in [5.41, 5.74) is 6.01. The molecule has 0 aliphatic carbocycles. The predicted octanol–water partition coefficient (Wildman–Crippen LogP) is 2.57. The SMILES string of the molecule is CCCOCCC(N)C(C)CCC. The maximum absolute atomic E-state index is 6.01. The molecule has 13 heavy (non-hydrogen) atoms. The number of nitrogens with two attached hydrogens (primary N) is 1. The van der Waals surface area contributed by atoms with Gasteiger partial charge in [0.2, 0.25) is 0 Å². The van der Waals surface area contributed by atoms with Crippen molar-refractivity contribution in [1.82, 2.24) is 0 Å². The van der Waals surface area contributed by atoms with Crippen molar-refractivity contribution < 1.29 is 4.74 Å². The fourth-order valence-corrected chi connectivity index (χ4v) is 1.42. The van der Waals surface area contributed by atoms with E-state index in [9.17, 15) is 0 Å². The van der Waals surface area contributed by atoms with Crippen LogP contribution in [0.5, 0.6) is 0 Å². The molecular weight excluding hydrogens is 162 g/mol. The van der Waals surface area contributed by atoms with Gasteiger partial charge in [-0.05, 0) is 25.2 Å². The van der Waals surface area contributed by atoms with Crippen LogP contribution in [-0.2, 0) is 4.74 Å². The van der Waals surface area contributed by atoms with Gasteiger partial charge in [-0.3, -0.25) is 0 Å². The topological polar surface area (TPSA) is 35.2 Å². The summed E-state index contributed by atoms with van der Waals surface area (Å²) in [5, 5.41) is 0. The van der Waals surface area contributed by atoms with Crippen LogP contribution < -0.4 is 5.73 Å². The third kappa shape index (κ3) is 7.03. The number of hydrogen-bond acceptors (Lipinski definition) is 2. The van der Waals surface area contributed by atoms with Gasteiger partial charge >= 0.3 is 0 Å². The molecule has 2 unspecified atom stereocenters. The number of hydrogen-bond donors (Lipinski definition) is 1. The first-order chi connectivity index (χ1) is 6.22. The van der Waals surface area contributed by atoms with Crippen LogP contribution in [0.1, 0.15) is 46.5 Å². The minimum absolute atomic E-state index is 0.316. The highest BCUT2D eigenvalue weighted by molar-refractivity contribution is 4.68. The Morgan fingerprint density at radius 3 is 2.31 bits per heavy atom. The van der Waals surface area contributed by atoms with Gasteiger partial charge in [-0.25, -0.2) is 0 Å². The van der Waals surface area contributed by atoms with Crippen molar-refractivity contribution in [1.29, 1.82) is 0 Å². The molecule has 0 fully saturated rings. The lowest BCUT2D eigenvalue weighted by molar-refractivity contribution is 0.122. The lowest BCUT2D eigenvalue weighted by Gasteiger charge is -2.18. The third-order valence-corrected chi connectivity index (χ3v) is 2.42. The van der Waals surface area contributed by atoms with Crippen molar-refractivity contribution in [2.45, 2.75) is 52.5 Å². The van der Waals surface area contributed by atoms with E-state index in [0.29, 0.717) is 12.0 Å². The molecule has 0 aromatic heterocycles. The second kappa shape index (κ2) is 8.52. The van der Waals surface area contributed by atoms with E-state index < -0.39 is 0 Å². The summed E-state index contributed by atoms with van der Waals surface area (Å²) >= 11 is 0. The van der Waals surface area contributed by atoms with Gasteiger partial charge in [-0.1, -0.05) is 27.2 Å². The molecule has 2 N–H and O–H groups in total. The van der Waals surface area contributed by atoms with Gasteiger partial charge in [0, 0.05) is 19.3 Å². The smallest absolute Gasteiger partial charge is 0.0480 e. The quantitative estimate of drug-likeness (QED) is 0.593. The minimum atomic E-state index is 0.316. The molecule has 2 atom stereocenters. The van der Waals surface area contributed by atoms with Crippen LogP contribution in [0.4, 0.5) is 0 Å². The zero-order valence-corrected chi connectivity index (χ0v) is 9.38. The Hall–Kier alpha value is -0.0800. The van der Waals surface area contributed by atoms with E-state index in [1.807, 2.05) is 0 Å².